The number of hydrogen-bond acceptors (Lipinski definition) is 3. The van der Waals surface area contributed by atoms with Gasteiger partial charge in [-0.25, -0.2) is 17.5 Å². The Morgan fingerprint density at radius 2 is 2.10 bits per heavy atom. The molecule has 0 radical (unpaired) electrons. The normalized spacial score (nSPS) is 13.3. The fraction of sp³-hybridized carbons (Fsp3) is 0.286. The maximum absolute atomic E-state index is 13.0. The van der Waals surface area contributed by atoms with Gasteiger partial charge < -0.3 is 4.42 Å². The Balaban J connectivity index is 1.96. The van der Waals surface area contributed by atoms with E-state index in [1.165, 1.54) is 18.2 Å². The minimum absolute atomic E-state index is 0.236. The Morgan fingerprint density at radius 1 is 1.30 bits per heavy atom. The minimum atomic E-state index is -3.50. The second-order valence-electron chi connectivity index (χ2n) is 4.74. The molecule has 20 heavy (non-hydrogen) atoms. The van der Waals surface area contributed by atoms with Gasteiger partial charge >= 0.3 is 0 Å². The molecule has 108 valence electrons. The summed E-state index contributed by atoms with van der Waals surface area (Å²) in [5.41, 5.74) is 1.35. The lowest BCUT2D eigenvalue weighted by molar-refractivity contribution is 0.548. The number of rotatable bonds is 6. The molecule has 4 nitrogen and oxygen atoms in total. The second-order valence-corrected chi connectivity index (χ2v) is 6.50. The smallest absolute Gasteiger partial charge is 0.216 e. The molecule has 0 spiro atoms. The predicted molar refractivity (Wildman–Crippen MR) is 74.0 cm³/mol. The van der Waals surface area contributed by atoms with Gasteiger partial charge in [-0.15, -0.1) is 0 Å². The first-order chi connectivity index (χ1) is 9.44. The van der Waals surface area contributed by atoms with Crippen LogP contribution in [-0.4, -0.2) is 14.5 Å². The molecule has 1 heterocycles. The van der Waals surface area contributed by atoms with Crippen LogP contribution in [0.2, 0.25) is 0 Å². The summed E-state index contributed by atoms with van der Waals surface area (Å²) in [5, 5.41) is 0. The molecule has 1 aromatic carbocycles. The third-order valence-electron chi connectivity index (χ3n) is 2.75. The van der Waals surface area contributed by atoms with Crippen molar-refractivity contribution < 1.29 is 17.2 Å². The highest BCUT2D eigenvalue weighted by Gasteiger charge is 2.16. The van der Waals surface area contributed by atoms with E-state index in [0.717, 1.165) is 5.56 Å². The van der Waals surface area contributed by atoms with Gasteiger partial charge in [-0.3, -0.25) is 0 Å². The van der Waals surface area contributed by atoms with Crippen LogP contribution in [0.4, 0.5) is 4.39 Å². The monoisotopic (exact) mass is 297 g/mol. The molecular weight excluding hydrogens is 281 g/mol. The second kappa shape index (κ2) is 6.19. The first-order valence-corrected chi connectivity index (χ1v) is 7.85. The fourth-order valence-corrected chi connectivity index (χ4v) is 3.40. The summed E-state index contributed by atoms with van der Waals surface area (Å²) >= 11 is 0. The summed E-state index contributed by atoms with van der Waals surface area (Å²) in [6.45, 7) is 1.77. The van der Waals surface area contributed by atoms with Crippen molar-refractivity contribution in [3.05, 3.63) is 59.8 Å². The minimum Gasteiger partial charge on any atom is -0.472 e. The largest absolute Gasteiger partial charge is 0.472 e. The molecule has 1 atom stereocenters. The Kier molecular flexibility index (Phi) is 4.57. The van der Waals surface area contributed by atoms with Gasteiger partial charge in [-0.05, 0) is 42.7 Å². The first-order valence-electron chi connectivity index (χ1n) is 6.20. The zero-order valence-electron chi connectivity index (χ0n) is 11.0. The summed E-state index contributed by atoms with van der Waals surface area (Å²) < 4.78 is 44.5. The molecule has 0 amide bonds. The van der Waals surface area contributed by atoms with Crippen LogP contribution in [0.15, 0.2) is 47.3 Å². The van der Waals surface area contributed by atoms with Crippen molar-refractivity contribution >= 4 is 10.0 Å². The van der Waals surface area contributed by atoms with Gasteiger partial charge in [0.25, 0.3) is 0 Å². The topological polar surface area (TPSA) is 59.3 Å². The first kappa shape index (κ1) is 14.7. The molecule has 1 N–H and O–H groups in total. The maximum atomic E-state index is 13.0. The lowest BCUT2D eigenvalue weighted by Crippen LogP contribution is -2.34. The highest BCUT2D eigenvalue weighted by atomic mass is 32.2. The molecule has 0 bridgehead atoms. The quantitative estimate of drug-likeness (QED) is 0.891. The van der Waals surface area contributed by atoms with Crippen LogP contribution in [-0.2, 0) is 22.2 Å². The van der Waals surface area contributed by atoms with Crippen LogP contribution < -0.4 is 4.72 Å². The third kappa shape index (κ3) is 4.47. The molecule has 1 unspecified atom stereocenters. The molecular formula is C14H16FNO3S. The molecule has 2 aromatic rings. The lowest BCUT2D eigenvalue weighted by Gasteiger charge is -2.13. The van der Waals surface area contributed by atoms with Crippen molar-refractivity contribution in [2.75, 3.05) is 0 Å². The molecule has 0 saturated heterocycles. The van der Waals surface area contributed by atoms with Gasteiger partial charge in [0, 0.05) is 6.04 Å². The molecule has 0 aliphatic heterocycles. The predicted octanol–water partition coefficient (Wildman–Crippen LogP) is 2.47. The van der Waals surface area contributed by atoms with Gasteiger partial charge in [0.2, 0.25) is 10.0 Å². The van der Waals surface area contributed by atoms with Crippen molar-refractivity contribution in [3.8, 4) is 0 Å². The lowest BCUT2D eigenvalue weighted by atomic mass is 10.1. The maximum Gasteiger partial charge on any atom is 0.216 e. The van der Waals surface area contributed by atoms with E-state index in [4.69, 9.17) is 4.42 Å². The summed E-state index contributed by atoms with van der Waals surface area (Å²) in [6, 6.07) is 7.12. The van der Waals surface area contributed by atoms with Crippen molar-refractivity contribution in [1.29, 1.82) is 0 Å². The van der Waals surface area contributed by atoms with Crippen LogP contribution >= 0.6 is 0 Å². The Labute approximate surface area is 117 Å². The van der Waals surface area contributed by atoms with E-state index in [2.05, 4.69) is 4.72 Å². The van der Waals surface area contributed by atoms with Gasteiger partial charge in [0.15, 0.2) is 0 Å². The van der Waals surface area contributed by atoms with Crippen molar-refractivity contribution in [3.63, 3.8) is 0 Å². The van der Waals surface area contributed by atoms with E-state index in [9.17, 15) is 12.8 Å². The summed E-state index contributed by atoms with van der Waals surface area (Å²) in [6.07, 6.45) is 3.67. The average molecular weight is 297 g/mol. The summed E-state index contributed by atoms with van der Waals surface area (Å²) in [7, 11) is -3.50. The Morgan fingerprint density at radius 3 is 2.75 bits per heavy atom. The van der Waals surface area contributed by atoms with Crippen molar-refractivity contribution in [1.82, 2.24) is 4.72 Å². The molecule has 0 fully saturated rings. The van der Waals surface area contributed by atoms with E-state index < -0.39 is 15.8 Å². The molecule has 0 aliphatic rings. The number of hydrogen-bond donors (Lipinski definition) is 1. The molecule has 1 aromatic heterocycles. The van der Waals surface area contributed by atoms with Crippen LogP contribution in [0.3, 0.4) is 0 Å². The number of benzene rings is 1. The summed E-state index contributed by atoms with van der Waals surface area (Å²) in [4.78, 5) is 0. The number of sulfonamides is 1. The van der Waals surface area contributed by atoms with E-state index in [1.54, 1.807) is 31.6 Å². The van der Waals surface area contributed by atoms with Gasteiger partial charge in [-0.2, -0.15) is 0 Å². The van der Waals surface area contributed by atoms with E-state index in [0.29, 0.717) is 12.0 Å². The zero-order valence-corrected chi connectivity index (χ0v) is 11.9. The average Bonchev–Trinajstić information content (AvgIpc) is 2.79. The van der Waals surface area contributed by atoms with Gasteiger partial charge in [-0.1, -0.05) is 12.1 Å². The van der Waals surface area contributed by atoms with Crippen LogP contribution in [0.25, 0.3) is 0 Å². The van der Waals surface area contributed by atoms with Crippen molar-refractivity contribution in [2.45, 2.75) is 25.1 Å². The molecule has 2 rings (SSSR count). The summed E-state index contributed by atoms with van der Waals surface area (Å²) in [5.74, 6) is -0.676. The Hall–Kier alpha value is -1.66. The van der Waals surface area contributed by atoms with Crippen molar-refractivity contribution in [2.24, 2.45) is 0 Å². The fourth-order valence-electron chi connectivity index (χ4n) is 2.00. The number of halogens is 1. The Bertz CT molecular complexity index is 653. The molecule has 0 saturated carbocycles. The van der Waals surface area contributed by atoms with E-state index in [-0.39, 0.29) is 11.8 Å². The number of nitrogens with one attached hydrogen (secondary N) is 1. The van der Waals surface area contributed by atoms with Crippen LogP contribution in [0, 0.1) is 5.82 Å². The standard InChI is InChI=1S/C14H16FNO3S/c1-11(7-12-5-6-19-9-12)16-20(17,18)10-13-3-2-4-14(15)8-13/h2-6,8-9,11,16H,7,10H2,1H3. The van der Waals surface area contributed by atoms with Gasteiger partial charge in [0.05, 0.1) is 18.3 Å². The van der Waals surface area contributed by atoms with Crippen LogP contribution in [0.5, 0.6) is 0 Å². The highest BCUT2D eigenvalue weighted by Crippen LogP contribution is 2.09. The number of furan rings is 1. The highest BCUT2D eigenvalue weighted by molar-refractivity contribution is 7.88. The third-order valence-corrected chi connectivity index (χ3v) is 4.22. The van der Waals surface area contributed by atoms with Crippen LogP contribution in [0.1, 0.15) is 18.1 Å². The van der Waals surface area contributed by atoms with E-state index >= 15 is 0 Å². The zero-order chi connectivity index (χ0) is 14.6. The van der Waals surface area contributed by atoms with E-state index in [1.807, 2.05) is 0 Å². The molecule has 6 heteroatoms. The SMILES string of the molecule is CC(Cc1ccoc1)NS(=O)(=O)Cc1cccc(F)c1. The molecule has 0 aliphatic carbocycles. The van der Waals surface area contributed by atoms with Gasteiger partial charge in [0.1, 0.15) is 5.82 Å².